The van der Waals surface area contributed by atoms with E-state index in [0.29, 0.717) is 12.1 Å². The first-order valence-corrected chi connectivity index (χ1v) is 5.05. The lowest BCUT2D eigenvalue weighted by atomic mass is 10.0. The summed E-state index contributed by atoms with van der Waals surface area (Å²) >= 11 is 0. The van der Waals surface area contributed by atoms with Gasteiger partial charge in [0.15, 0.2) is 23.2 Å². The molecule has 19 heavy (non-hydrogen) atoms. The lowest BCUT2D eigenvalue weighted by Crippen LogP contribution is -2.07. The van der Waals surface area contributed by atoms with Crippen molar-refractivity contribution in [2.75, 3.05) is 0 Å². The molecular weight excluding hydrogens is 265 g/mol. The number of rotatable bonds is 3. The molecule has 7 heteroatoms. The molecule has 0 saturated carbocycles. The fourth-order valence-corrected chi connectivity index (χ4v) is 1.59. The standard InChI is InChI=1S/C12H7F3O4/c13-7-3-5(4-8(14)9(7)15)10(16)11-6(12(17)18)1-2-19-11/h1-4,10,16H,(H,17,18). The molecule has 0 bridgehead atoms. The highest BCUT2D eigenvalue weighted by Gasteiger charge is 2.24. The molecule has 2 rings (SSSR count). The first-order chi connectivity index (χ1) is 8.91. The van der Waals surface area contributed by atoms with Crippen molar-refractivity contribution in [3.63, 3.8) is 0 Å². The first kappa shape index (κ1) is 13.2. The van der Waals surface area contributed by atoms with Gasteiger partial charge < -0.3 is 14.6 Å². The molecule has 0 spiro atoms. The second-order valence-corrected chi connectivity index (χ2v) is 3.70. The van der Waals surface area contributed by atoms with Crippen LogP contribution in [0.2, 0.25) is 0 Å². The number of hydrogen-bond acceptors (Lipinski definition) is 3. The van der Waals surface area contributed by atoms with E-state index in [1.807, 2.05) is 0 Å². The quantitative estimate of drug-likeness (QED) is 0.842. The van der Waals surface area contributed by atoms with E-state index in [1.165, 1.54) is 0 Å². The summed E-state index contributed by atoms with van der Waals surface area (Å²) in [6.07, 6.45) is -0.705. The average molecular weight is 272 g/mol. The third-order valence-electron chi connectivity index (χ3n) is 2.50. The summed E-state index contributed by atoms with van der Waals surface area (Å²) in [7, 11) is 0. The van der Waals surface area contributed by atoms with Gasteiger partial charge in [-0.1, -0.05) is 0 Å². The molecule has 1 aromatic carbocycles. The fraction of sp³-hybridized carbons (Fsp3) is 0.0833. The Kier molecular flexibility index (Phi) is 3.30. The summed E-state index contributed by atoms with van der Waals surface area (Å²) in [6, 6.07) is 2.21. The van der Waals surface area contributed by atoms with E-state index < -0.39 is 35.3 Å². The number of hydrogen-bond donors (Lipinski definition) is 2. The molecule has 0 aliphatic rings. The van der Waals surface area contributed by atoms with Crippen molar-refractivity contribution >= 4 is 5.97 Å². The molecule has 0 radical (unpaired) electrons. The number of carboxylic acid groups (broad SMARTS) is 1. The van der Waals surface area contributed by atoms with Crippen LogP contribution in [0.15, 0.2) is 28.9 Å². The van der Waals surface area contributed by atoms with Crippen LogP contribution in [-0.2, 0) is 0 Å². The molecule has 0 amide bonds. The van der Waals surface area contributed by atoms with Crippen LogP contribution in [0.25, 0.3) is 0 Å². The largest absolute Gasteiger partial charge is 0.478 e. The Morgan fingerprint density at radius 3 is 2.32 bits per heavy atom. The van der Waals surface area contributed by atoms with Crippen LogP contribution in [-0.4, -0.2) is 16.2 Å². The molecule has 2 aromatic rings. The molecular formula is C12H7F3O4. The van der Waals surface area contributed by atoms with E-state index in [4.69, 9.17) is 9.52 Å². The number of carbonyl (C=O) groups is 1. The van der Waals surface area contributed by atoms with Crippen molar-refractivity contribution in [3.8, 4) is 0 Å². The number of furan rings is 1. The highest BCUT2D eigenvalue weighted by molar-refractivity contribution is 5.88. The van der Waals surface area contributed by atoms with E-state index in [1.54, 1.807) is 0 Å². The highest BCUT2D eigenvalue weighted by Crippen LogP contribution is 2.28. The van der Waals surface area contributed by atoms with E-state index in [0.717, 1.165) is 12.3 Å². The highest BCUT2D eigenvalue weighted by atomic mass is 19.2. The molecule has 1 heterocycles. The van der Waals surface area contributed by atoms with Gasteiger partial charge in [-0.2, -0.15) is 0 Å². The van der Waals surface area contributed by atoms with Crippen molar-refractivity contribution in [3.05, 3.63) is 58.8 Å². The molecule has 0 fully saturated rings. The normalized spacial score (nSPS) is 12.4. The van der Waals surface area contributed by atoms with Crippen LogP contribution in [0.3, 0.4) is 0 Å². The number of halogens is 3. The average Bonchev–Trinajstić information content (AvgIpc) is 2.83. The minimum atomic E-state index is -1.72. The van der Waals surface area contributed by atoms with Gasteiger partial charge in [-0.05, 0) is 23.8 Å². The third kappa shape index (κ3) is 2.32. The lowest BCUT2D eigenvalue weighted by molar-refractivity contribution is 0.0687. The fourth-order valence-electron chi connectivity index (χ4n) is 1.59. The van der Waals surface area contributed by atoms with Crippen LogP contribution in [0.4, 0.5) is 13.2 Å². The number of benzene rings is 1. The van der Waals surface area contributed by atoms with Gasteiger partial charge in [0, 0.05) is 0 Å². The Labute approximate surface area is 104 Å². The minimum absolute atomic E-state index is 0.349. The Balaban J connectivity index is 2.47. The van der Waals surface area contributed by atoms with E-state index in [2.05, 4.69) is 0 Å². The second kappa shape index (κ2) is 4.77. The minimum Gasteiger partial charge on any atom is -0.478 e. The Morgan fingerprint density at radius 2 is 1.79 bits per heavy atom. The second-order valence-electron chi connectivity index (χ2n) is 3.70. The molecule has 4 nitrogen and oxygen atoms in total. The molecule has 1 unspecified atom stereocenters. The summed E-state index contributed by atoms with van der Waals surface area (Å²) in [5, 5.41) is 18.7. The van der Waals surface area contributed by atoms with Crippen LogP contribution in [0.5, 0.6) is 0 Å². The van der Waals surface area contributed by atoms with Crippen molar-refractivity contribution in [1.29, 1.82) is 0 Å². The summed E-state index contributed by atoms with van der Waals surface area (Å²) in [5.74, 6) is -6.41. The van der Waals surface area contributed by atoms with Crippen LogP contribution < -0.4 is 0 Å². The van der Waals surface area contributed by atoms with Gasteiger partial charge in [0.2, 0.25) is 0 Å². The third-order valence-corrected chi connectivity index (χ3v) is 2.50. The zero-order valence-electron chi connectivity index (χ0n) is 9.23. The van der Waals surface area contributed by atoms with Gasteiger partial charge in [-0.3, -0.25) is 0 Å². The smallest absolute Gasteiger partial charge is 0.339 e. The van der Waals surface area contributed by atoms with Gasteiger partial charge in [-0.25, -0.2) is 18.0 Å². The molecule has 1 aromatic heterocycles. The summed E-state index contributed by atoms with van der Waals surface area (Å²) in [6.45, 7) is 0. The van der Waals surface area contributed by atoms with Crippen LogP contribution >= 0.6 is 0 Å². The van der Waals surface area contributed by atoms with Crippen LogP contribution in [0, 0.1) is 17.5 Å². The van der Waals surface area contributed by atoms with Crippen molar-refractivity contribution in [1.82, 2.24) is 0 Å². The summed E-state index contributed by atoms with van der Waals surface area (Å²) in [4.78, 5) is 10.8. The molecule has 100 valence electrons. The van der Waals surface area contributed by atoms with Crippen molar-refractivity contribution in [2.45, 2.75) is 6.10 Å². The van der Waals surface area contributed by atoms with Gasteiger partial charge in [0.05, 0.1) is 6.26 Å². The zero-order chi connectivity index (χ0) is 14.2. The number of carboxylic acids is 1. The number of aromatic carboxylic acids is 1. The van der Waals surface area contributed by atoms with Gasteiger partial charge in [-0.15, -0.1) is 0 Å². The van der Waals surface area contributed by atoms with Crippen molar-refractivity contribution < 1.29 is 32.6 Å². The van der Waals surface area contributed by atoms with E-state index in [9.17, 15) is 23.1 Å². The SMILES string of the molecule is O=C(O)c1ccoc1C(O)c1cc(F)c(F)c(F)c1. The Bertz CT molecular complexity index is 613. The van der Waals surface area contributed by atoms with Gasteiger partial charge in [0.1, 0.15) is 11.7 Å². The number of aliphatic hydroxyl groups is 1. The van der Waals surface area contributed by atoms with E-state index >= 15 is 0 Å². The maximum Gasteiger partial charge on any atom is 0.339 e. The van der Waals surface area contributed by atoms with Crippen LogP contribution in [0.1, 0.15) is 27.8 Å². The number of aliphatic hydroxyl groups excluding tert-OH is 1. The van der Waals surface area contributed by atoms with Gasteiger partial charge >= 0.3 is 5.97 Å². The predicted octanol–water partition coefficient (Wildman–Crippen LogP) is 2.48. The van der Waals surface area contributed by atoms with E-state index in [-0.39, 0.29) is 11.1 Å². The first-order valence-electron chi connectivity index (χ1n) is 5.05. The Hall–Kier alpha value is -2.28. The maximum atomic E-state index is 13.0. The molecule has 0 saturated heterocycles. The topological polar surface area (TPSA) is 70.7 Å². The molecule has 0 aliphatic carbocycles. The summed E-state index contributed by atoms with van der Waals surface area (Å²) < 4.78 is 43.6. The molecule has 2 N–H and O–H groups in total. The maximum absolute atomic E-state index is 13.0. The zero-order valence-corrected chi connectivity index (χ0v) is 9.23. The lowest BCUT2D eigenvalue weighted by Gasteiger charge is -2.10. The molecule has 1 atom stereocenters. The Morgan fingerprint density at radius 1 is 1.21 bits per heavy atom. The monoisotopic (exact) mass is 272 g/mol. The van der Waals surface area contributed by atoms with Gasteiger partial charge in [0.25, 0.3) is 0 Å². The molecule has 0 aliphatic heterocycles. The summed E-state index contributed by atoms with van der Waals surface area (Å²) in [5.41, 5.74) is -0.702. The predicted molar refractivity (Wildman–Crippen MR) is 56.0 cm³/mol. The van der Waals surface area contributed by atoms with Crippen molar-refractivity contribution in [2.24, 2.45) is 0 Å².